The van der Waals surface area contributed by atoms with Crippen molar-refractivity contribution >= 4 is 11.8 Å². The Morgan fingerprint density at radius 1 is 1.40 bits per heavy atom. The second-order valence-corrected chi connectivity index (χ2v) is 5.10. The minimum Gasteiger partial charge on any atom is -0.356 e. The van der Waals surface area contributed by atoms with Gasteiger partial charge in [0.15, 0.2) is 0 Å². The van der Waals surface area contributed by atoms with Crippen molar-refractivity contribution in [2.24, 2.45) is 5.92 Å². The molecule has 0 bridgehead atoms. The number of carbonyl (C=O) groups excluding carboxylic acids is 2. The highest BCUT2D eigenvalue weighted by Gasteiger charge is 2.42. The molecule has 0 aromatic heterocycles. The molecule has 1 aliphatic heterocycles. The highest BCUT2D eigenvalue weighted by atomic mass is 19.1. The maximum atomic E-state index is 13.0. The lowest BCUT2D eigenvalue weighted by Crippen LogP contribution is -2.34. The normalized spacial score (nSPS) is 22.1. The van der Waals surface area contributed by atoms with Gasteiger partial charge in [0.25, 0.3) is 0 Å². The van der Waals surface area contributed by atoms with Crippen LogP contribution in [0.2, 0.25) is 0 Å². The third kappa shape index (κ3) is 2.81. The van der Waals surface area contributed by atoms with Crippen molar-refractivity contribution in [1.29, 1.82) is 0 Å². The van der Waals surface area contributed by atoms with Gasteiger partial charge in [-0.15, -0.1) is 0 Å². The van der Waals surface area contributed by atoms with Gasteiger partial charge in [-0.05, 0) is 24.1 Å². The summed E-state index contributed by atoms with van der Waals surface area (Å²) in [6.45, 7) is 2.58. The van der Waals surface area contributed by atoms with Crippen LogP contribution in [0, 0.1) is 11.7 Å². The fourth-order valence-electron chi connectivity index (χ4n) is 2.60. The fraction of sp³-hybridized carbons (Fsp3) is 0.467. The van der Waals surface area contributed by atoms with Crippen molar-refractivity contribution in [1.82, 2.24) is 10.2 Å². The van der Waals surface area contributed by atoms with E-state index in [4.69, 9.17) is 0 Å². The number of benzene rings is 1. The lowest BCUT2D eigenvalue weighted by Gasteiger charge is -2.24. The molecule has 5 heteroatoms. The summed E-state index contributed by atoms with van der Waals surface area (Å²) >= 11 is 0. The van der Waals surface area contributed by atoms with E-state index in [1.54, 1.807) is 24.1 Å². The Morgan fingerprint density at radius 2 is 2.05 bits per heavy atom. The van der Waals surface area contributed by atoms with Gasteiger partial charge < -0.3 is 10.2 Å². The Kier molecular flexibility index (Phi) is 4.37. The van der Waals surface area contributed by atoms with Crippen molar-refractivity contribution in [2.45, 2.75) is 25.8 Å². The van der Waals surface area contributed by atoms with Crippen LogP contribution in [0.15, 0.2) is 24.3 Å². The Hall–Kier alpha value is -1.91. The number of nitrogens with one attached hydrogen (secondary N) is 1. The molecule has 0 radical (unpaired) electrons. The molecule has 1 fully saturated rings. The number of nitrogens with zero attached hydrogens (tertiary/aromatic N) is 1. The second-order valence-electron chi connectivity index (χ2n) is 5.10. The molecule has 1 aromatic carbocycles. The van der Waals surface area contributed by atoms with Gasteiger partial charge in [0, 0.05) is 20.0 Å². The van der Waals surface area contributed by atoms with E-state index in [1.807, 2.05) is 6.92 Å². The molecule has 0 spiro atoms. The maximum Gasteiger partial charge on any atom is 0.226 e. The fourth-order valence-corrected chi connectivity index (χ4v) is 2.60. The summed E-state index contributed by atoms with van der Waals surface area (Å²) in [6, 6.07) is 5.66. The molecule has 108 valence electrons. The molecule has 1 aromatic rings. The highest BCUT2D eigenvalue weighted by molar-refractivity contribution is 5.90. The maximum absolute atomic E-state index is 13.0. The largest absolute Gasteiger partial charge is 0.356 e. The van der Waals surface area contributed by atoms with Crippen LogP contribution in [0.5, 0.6) is 0 Å². The molecule has 0 saturated carbocycles. The average molecular weight is 278 g/mol. The summed E-state index contributed by atoms with van der Waals surface area (Å²) in [5.41, 5.74) is 0.788. The number of halogens is 1. The molecule has 2 atom stereocenters. The summed E-state index contributed by atoms with van der Waals surface area (Å²) in [7, 11) is 1.68. The third-order valence-corrected chi connectivity index (χ3v) is 3.68. The minimum absolute atomic E-state index is 0.0593. The molecular formula is C15H19FN2O2. The Morgan fingerprint density at radius 3 is 2.65 bits per heavy atom. The van der Waals surface area contributed by atoms with Gasteiger partial charge in [-0.2, -0.15) is 0 Å². The Bertz CT molecular complexity index is 501. The van der Waals surface area contributed by atoms with Crippen LogP contribution >= 0.6 is 0 Å². The number of likely N-dealkylation sites (tertiary alicyclic amines) is 1. The van der Waals surface area contributed by atoms with E-state index in [2.05, 4.69) is 5.32 Å². The lowest BCUT2D eigenvalue weighted by atomic mass is 9.93. The number of carbonyl (C=O) groups is 2. The summed E-state index contributed by atoms with van der Waals surface area (Å²) in [5.74, 6) is -0.910. The number of hydrogen-bond donors (Lipinski definition) is 1. The molecule has 1 heterocycles. The summed E-state index contributed by atoms with van der Waals surface area (Å²) in [5, 5.41) is 2.83. The standard InChI is InChI=1S/C15H19FN2O2/c1-3-8-17-15(20)12-9-13(19)18(2)14(12)10-4-6-11(16)7-5-10/h4-7,12,14H,3,8-9H2,1-2H3,(H,17,20)/t12-,14+/m1/s1. The minimum atomic E-state index is -0.412. The van der Waals surface area contributed by atoms with Crippen LogP contribution in [0.4, 0.5) is 4.39 Å². The van der Waals surface area contributed by atoms with Gasteiger partial charge >= 0.3 is 0 Å². The van der Waals surface area contributed by atoms with Gasteiger partial charge in [0.1, 0.15) is 5.82 Å². The molecule has 20 heavy (non-hydrogen) atoms. The second kappa shape index (κ2) is 6.03. The third-order valence-electron chi connectivity index (χ3n) is 3.68. The van der Waals surface area contributed by atoms with Gasteiger partial charge in [-0.1, -0.05) is 19.1 Å². The van der Waals surface area contributed by atoms with Crippen LogP contribution in [0.1, 0.15) is 31.4 Å². The summed E-state index contributed by atoms with van der Waals surface area (Å²) in [4.78, 5) is 25.6. The van der Waals surface area contributed by atoms with Gasteiger partial charge in [-0.25, -0.2) is 4.39 Å². The van der Waals surface area contributed by atoms with Crippen LogP contribution in [0.3, 0.4) is 0 Å². The highest BCUT2D eigenvalue weighted by Crippen LogP contribution is 2.37. The van der Waals surface area contributed by atoms with Crippen LogP contribution in [-0.2, 0) is 9.59 Å². The molecule has 0 aliphatic carbocycles. The van der Waals surface area contributed by atoms with E-state index >= 15 is 0 Å². The molecule has 1 saturated heterocycles. The first-order valence-corrected chi connectivity index (χ1v) is 6.83. The molecule has 2 amide bonds. The van der Waals surface area contributed by atoms with Crippen LogP contribution in [-0.4, -0.2) is 30.3 Å². The predicted octanol–water partition coefficient (Wildman–Crippen LogP) is 1.87. The zero-order chi connectivity index (χ0) is 14.7. The lowest BCUT2D eigenvalue weighted by molar-refractivity contribution is -0.128. The number of hydrogen-bond acceptors (Lipinski definition) is 2. The van der Waals surface area contributed by atoms with Crippen molar-refractivity contribution in [3.63, 3.8) is 0 Å². The van der Waals surface area contributed by atoms with Crippen molar-refractivity contribution in [2.75, 3.05) is 13.6 Å². The zero-order valence-corrected chi connectivity index (χ0v) is 11.7. The van der Waals surface area contributed by atoms with E-state index in [-0.39, 0.29) is 30.1 Å². The monoisotopic (exact) mass is 278 g/mol. The van der Waals surface area contributed by atoms with Crippen molar-refractivity contribution in [3.05, 3.63) is 35.6 Å². The quantitative estimate of drug-likeness (QED) is 0.914. The van der Waals surface area contributed by atoms with Crippen LogP contribution in [0.25, 0.3) is 0 Å². The Balaban J connectivity index is 2.24. The number of rotatable bonds is 4. The zero-order valence-electron chi connectivity index (χ0n) is 11.7. The van der Waals surface area contributed by atoms with Crippen molar-refractivity contribution < 1.29 is 14.0 Å². The van der Waals surface area contributed by atoms with E-state index in [9.17, 15) is 14.0 Å². The first-order chi connectivity index (χ1) is 9.54. The van der Waals surface area contributed by atoms with Crippen LogP contribution < -0.4 is 5.32 Å². The number of amides is 2. The first-order valence-electron chi connectivity index (χ1n) is 6.83. The van der Waals surface area contributed by atoms with Crippen molar-refractivity contribution in [3.8, 4) is 0 Å². The SMILES string of the molecule is CCCNC(=O)[C@@H]1CC(=O)N(C)[C@H]1c1ccc(F)cc1. The van der Waals surface area contributed by atoms with Gasteiger partial charge in [-0.3, -0.25) is 9.59 Å². The Labute approximate surface area is 118 Å². The average Bonchev–Trinajstić information content (AvgIpc) is 2.73. The molecule has 2 rings (SSSR count). The van der Waals surface area contributed by atoms with Gasteiger partial charge in [0.2, 0.25) is 11.8 Å². The smallest absolute Gasteiger partial charge is 0.226 e. The van der Waals surface area contributed by atoms with E-state index in [0.717, 1.165) is 12.0 Å². The molecule has 1 aliphatic rings. The first kappa shape index (κ1) is 14.5. The topological polar surface area (TPSA) is 49.4 Å². The van der Waals surface area contributed by atoms with E-state index < -0.39 is 5.92 Å². The molecule has 4 nitrogen and oxygen atoms in total. The van der Waals surface area contributed by atoms with E-state index in [1.165, 1.54) is 12.1 Å². The van der Waals surface area contributed by atoms with E-state index in [0.29, 0.717) is 6.54 Å². The molecular weight excluding hydrogens is 259 g/mol. The molecule has 0 unspecified atom stereocenters. The summed E-state index contributed by atoms with van der Waals surface area (Å²) in [6.07, 6.45) is 1.05. The molecule has 1 N–H and O–H groups in total. The predicted molar refractivity (Wildman–Crippen MR) is 73.3 cm³/mol. The summed E-state index contributed by atoms with van der Waals surface area (Å²) < 4.78 is 13.0. The van der Waals surface area contributed by atoms with Gasteiger partial charge in [0.05, 0.1) is 12.0 Å².